The second-order valence-corrected chi connectivity index (χ2v) is 4.48. The van der Waals surface area contributed by atoms with Crippen LogP contribution >= 0.6 is 0 Å². The van der Waals surface area contributed by atoms with Crippen molar-refractivity contribution in [2.45, 2.75) is 54.4 Å². The molecule has 0 radical (unpaired) electrons. The van der Waals surface area contributed by atoms with Crippen LogP contribution in [0.4, 0.5) is 0 Å². The topological polar surface area (TPSA) is 0 Å². The molecule has 0 aromatic heterocycles. The third-order valence-corrected chi connectivity index (χ3v) is 2.77. The van der Waals surface area contributed by atoms with E-state index in [1.807, 2.05) is 13.8 Å². The van der Waals surface area contributed by atoms with Gasteiger partial charge in [0.2, 0.25) is 0 Å². The molecule has 0 amide bonds. The van der Waals surface area contributed by atoms with Gasteiger partial charge in [0.25, 0.3) is 0 Å². The van der Waals surface area contributed by atoms with Gasteiger partial charge in [-0.15, -0.1) is 0 Å². The fraction of sp³-hybridized carbons (Fsp3) is 0.444. The third-order valence-electron chi connectivity index (χ3n) is 2.77. The predicted molar refractivity (Wildman–Crippen MR) is 84.8 cm³/mol. The molecule has 0 spiro atoms. The van der Waals surface area contributed by atoms with Gasteiger partial charge < -0.3 is 0 Å². The summed E-state index contributed by atoms with van der Waals surface area (Å²) in [5.41, 5.74) is 5.41. The molecule has 0 bridgehead atoms. The summed E-state index contributed by atoms with van der Waals surface area (Å²) in [6.07, 6.45) is 6.87. The minimum absolute atomic E-state index is 1.19. The smallest absolute Gasteiger partial charge is 0.0227 e. The first kappa shape index (κ1) is 16.7. The number of aryl methyl sites for hydroxylation is 1. The molecule has 100 valence electrons. The van der Waals surface area contributed by atoms with E-state index in [-0.39, 0.29) is 0 Å². The Hall–Kier alpha value is -1.30. The summed E-state index contributed by atoms with van der Waals surface area (Å²) in [4.78, 5) is 0. The van der Waals surface area contributed by atoms with Crippen LogP contribution in [0.25, 0.3) is 5.57 Å². The average Bonchev–Trinajstić information content (AvgIpc) is 2.39. The molecule has 0 N–H and O–H groups in total. The SMILES string of the molecule is CC.CCC/C(C)=C/C=C(\C)c1ccc(C)cc1. The highest BCUT2D eigenvalue weighted by Gasteiger charge is 1.93. The lowest BCUT2D eigenvalue weighted by Gasteiger charge is -2.01. The Morgan fingerprint density at radius 2 is 1.56 bits per heavy atom. The second-order valence-electron chi connectivity index (χ2n) is 4.48. The van der Waals surface area contributed by atoms with Gasteiger partial charge in [-0.3, -0.25) is 0 Å². The Bertz CT molecular complexity index is 377. The molecule has 1 rings (SSSR count). The molecule has 0 aliphatic rings. The first-order valence-electron chi connectivity index (χ1n) is 7.04. The van der Waals surface area contributed by atoms with E-state index in [1.165, 1.54) is 35.1 Å². The van der Waals surface area contributed by atoms with Crippen molar-refractivity contribution in [1.29, 1.82) is 0 Å². The molecular formula is C18H28. The van der Waals surface area contributed by atoms with Crippen LogP contribution in [0.5, 0.6) is 0 Å². The molecule has 0 nitrogen and oxygen atoms in total. The zero-order valence-electron chi connectivity index (χ0n) is 12.9. The summed E-state index contributed by atoms with van der Waals surface area (Å²) in [7, 11) is 0. The zero-order chi connectivity index (χ0) is 14.0. The molecular weight excluding hydrogens is 216 g/mol. The Labute approximate surface area is 113 Å². The highest BCUT2D eigenvalue weighted by atomic mass is 14.0. The first-order valence-corrected chi connectivity index (χ1v) is 7.04. The fourth-order valence-electron chi connectivity index (χ4n) is 1.66. The van der Waals surface area contributed by atoms with Gasteiger partial charge in [0.05, 0.1) is 0 Å². The lowest BCUT2D eigenvalue weighted by molar-refractivity contribution is 0.906. The molecule has 0 saturated carbocycles. The summed E-state index contributed by atoms with van der Waals surface area (Å²) in [6.45, 7) is 12.7. The molecule has 0 fully saturated rings. The summed E-state index contributed by atoms with van der Waals surface area (Å²) in [6, 6.07) is 8.69. The van der Waals surface area contributed by atoms with E-state index in [2.05, 4.69) is 64.1 Å². The van der Waals surface area contributed by atoms with Crippen LogP contribution in [0, 0.1) is 6.92 Å². The Morgan fingerprint density at radius 1 is 1.00 bits per heavy atom. The van der Waals surface area contributed by atoms with Gasteiger partial charge in [-0.25, -0.2) is 0 Å². The molecule has 0 unspecified atom stereocenters. The maximum absolute atomic E-state index is 2.23. The van der Waals surface area contributed by atoms with Crippen LogP contribution in [0.15, 0.2) is 42.0 Å². The summed E-state index contributed by atoms with van der Waals surface area (Å²) < 4.78 is 0. The van der Waals surface area contributed by atoms with Crippen molar-refractivity contribution in [2.75, 3.05) is 0 Å². The molecule has 0 saturated heterocycles. The normalized spacial score (nSPS) is 11.9. The maximum atomic E-state index is 2.23. The number of hydrogen-bond acceptors (Lipinski definition) is 0. The van der Waals surface area contributed by atoms with E-state index in [0.29, 0.717) is 0 Å². The highest BCUT2D eigenvalue weighted by molar-refractivity contribution is 5.65. The molecule has 1 aromatic rings. The van der Waals surface area contributed by atoms with E-state index in [4.69, 9.17) is 0 Å². The predicted octanol–water partition coefficient (Wildman–Crippen LogP) is 6.17. The zero-order valence-corrected chi connectivity index (χ0v) is 12.9. The molecule has 0 aliphatic heterocycles. The minimum Gasteiger partial charge on any atom is -0.0733 e. The lowest BCUT2D eigenvalue weighted by atomic mass is 10.0. The minimum atomic E-state index is 1.19. The van der Waals surface area contributed by atoms with Crippen LogP contribution in [0.2, 0.25) is 0 Å². The van der Waals surface area contributed by atoms with E-state index in [1.54, 1.807) is 0 Å². The number of rotatable bonds is 4. The lowest BCUT2D eigenvalue weighted by Crippen LogP contribution is -1.80. The van der Waals surface area contributed by atoms with Gasteiger partial charge in [0.15, 0.2) is 0 Å². The Kier molecular flexibility index (Phi) is 9.00. The molecule has 1 aromatic carbocycles. The van der Waals surface area contributed by atoms with Gasteiger partial charge in [-0.1, -0.05) is 74.7 Å². The van der Waals surface area contributed by atoms with Crippen LogP contribution in [-0.2, 0) is 0 Å². The molecule has 18 heavy (non-hydrogen) atoms. The van der Waals surface area contributed by atoms with E-state index < -0.39 is 0 Å². The van der Waals surface area contributed by atoms with Crippen molar-refractivity contribution in [1.82, 2.24) is 0 Å². The number of benzene rings is 1. The average molecular weight is 244 g/mol. The van der Waals surface area contributed by atoms with Crippen molar-refractivity contribution < 1.29 is 0 Å². The van der Waals surface area contributed by atoms with Crippen molar-refractivity contribution in [3.05, 3.63) is 53.1 Å². The van der Waals surface area contributed by atoms with Crippen LogP contribution in [-0.4, -0.2) is 0 Å². The van der Waals surface area contributed by atoms with Crippen molar-refractivity contribution >= 4 is 5.57 Å². The van der Waals surface area contributed by atoms with Crippen molar-refractivity contribution in [2.24, 2.45) is 0 Å². The van der Waals surface area contributed by atoms with E-state index >= 15 is 0 Å². The van der Waals surface area contributed by atoms with E-state index in [0.717, 1.165) is 0 Å². The monoisotopic (exact) mass is 244 g/mol. The molecule has 0 heterocycles. The van der Waals surface area contributed by atoms with Gasteiger partial charge >= 0.3 is 0 Å². The van der Waals surface area contributed by atoms with Crippen LogP contribution in [0.3, 0.4) is 0 Å². The summed E-state index contributed by atoms with van der Waals surface area (Å²) in [5, 5.41) is 0. The van der Waals surface area contributed by atoms with Gasteiger partial charge in [-0.05, 0) is 38.3 Å². The Morgan fingerprint density at radius 3 is 2.06 bits per heavy atom. The van der Waals surface area contributed by atoms with Crippen LogP contribution in [0.1, 0.15) is 58.6 Å². The van der Waals surface area contributed by atoms with Gasteiger partial charge in [-0.2, -0.15) is 0 Å². The second kappa shape index (κ2) is 9.70. The third kappa shape index (κ3) is 6.44. The Balaban J connectivity index is 0.00000137. The van der Waals surface area contributed by atoms with Crippen LogP contribution < -0.4 is 0 Å². The maximum Gasteiger partial charge on any atom is -0.0227 e. The van der Waals surface area contributed by atoms with Gasteiger partial charge in [0.1, 0.15) is 0 Å². The fourth-order valence-corrected chi connectivity index (χ4v) is 1.66. The summed E-state index contributed by atoms with van der Waals surface area (Å²) in [5.74, 6) is 0. The largest absolute Gasteiger partial charge is 0.0733 e. The number of hydrogen-bond donors (Lipinski definition) is 0. The quantitative estimate of drug-likeness (QED) is 0.555. The summed E-state index contributed by atoms with van der Waals surface area (Å²) >= 11 is 0. The van der Waals surface area contributed by atoms with Crippen molar-refractivity contribution in [3.63, 3.8) is 0 Å². The van der Waals surface area contributed by atoms with Gasteiger partial charge in [0, 0.05) is 0 Å². The molecule has 0 heteroatoms. The standard InChI is InChI=1S/C16H22.C2H6/c1-5-6-13(2)7-10-15(4)16-11-8-14(3)9-12-16;1-2/h7-12H,5-6H2,1-4H3;1-2H3/b13-7+,15-10+;. The molecule has 0 aliphatic carbocycles. The number of allylic oxidation sites excluding steroid dienone is 4. The highest BCUT2D eigenvalue weighted by Crippen LogP contribution is 2.15. The first-order chi connectivity index (χ1) is 8.63. The van der Waals surface area contributed by atoms with E-state index in [9.17, 15) is 0 Å². The molecule has 0 atom stereocenters. The van der Waals surface area contributed by atoms with Crippen molar-refractivity contribution in [3.8, 4) is 0 Å².